The molecular weight excluding hydrogens is 138 g/mol. The molecule has 11 heavy (non-hydrogen) atoms. The van der Waals surface area contributed by atoms with Gasteiger partial charge < -0.3 is 10.5 Å². The lowest BCUT2D eigenvalue weighted by molar-refractivity contribution is -0.116. The van der Waals surface area contributed by atoms with Gasteiger partial charge >= 0.3 is 0 Å². The second-order valence-corrected chi connectivity index (χ2v) is 3.67. The topological polar surface area (TPSA) is 43.1 Å². The smallest absolute Gasteiger partial charge is 0.125 e. The maximum Gasteiger partial charge on any atom is 0.125 e. The van der Waals surface area contributed by atoms with Crippen LogP contribution in [0.25, 0.3) is 0 Å². The molecule has 0 aromatic carbocycles. The number of hydrogen-bond acceptors (Lipinski definition) is 2. The number of aldehydes is 1. The first-order valence-electron chi connectivity index (χ1n) is 4.24. The van der Waals surface area contributed by atoms with Gasteiger partial charge in [0.2, 0.25) is 0 Å². The van der Waals surface area contributed by atoms with E-state index in [1.54, 1.807) is 0 Å². The van der Waals surface area contributed by atoms with Crippen molar-refractivity contribution in [2.24, 2.45) is 17.1 Å². The summed E-state index contributed by atoms with van der Waals surface area (Å²) in [6.45, 7) is 6.78. The molecule has 0 heterocycles. The Morgan fingerprint density at radius 2 is 2.18 bits per heavy atom. The molecule has 0 aliphatic rings. The van der Waals surface area contributed by atoms with Gasteiger partial charge in [-0.1, -0.05) is 20.8 Å². The summed E-state index contributed by atoms with van der Waals surface area (Å²) in [5, 5.41) is 0. The predicted octanol–water partition coefficient (Wildman–Crippen LogP) is 1.59. The van der Waals surface area contributed by atoms with E-state index in [0.29, 0.717) is 12.5 Å². The molecule has 2 N–H and O–H groups in total. The summed E-state index contributed by atoms with van der Waals surface area (Å²) in [5.41, 5.74) is 5.32. The van der Waals surface area contributed by atoms with Crippen LogP contribution in [0.3, 0.4) is 0 Å². The SMILES string of the molecule is CCC(C)(C=O)CC(C)CN. The van der Waals surface area contributed by atoms with Gasteiger partial charge in [-0.05, 0) is 25.3 Å². The molecule has 0 bridgehead atoms. The van der Waals surface area contributed by atoms with E-state index in [4.69, 9.17) is 5.73 Å². The molecule has 2 heteroatoms. The molecule has 2 nitrogen and oxygen atoms in total. The normalized spacial score (nSPS) is 18.9. The molecule has 0 amide bonds. The van der Waals surface area contributed by atoms with Crippen LogP contribution in [0.4, 0.5) is 0 Å². The zero-order valence-corrected chi connectivity index (χ0v) is 7.76. The zero-order chi connectivity index (χ0) is 8.91. The molecular formula is C9H19NO. The maximum atomic E-state index is 10.7. The molecule has 0 radical (unpaired) electrons. The van der Waals surface area contributed by atoms with Crippen LogP contribution >= 0.6 is 0 Å². The Morgan fingerprint density at radius 3 is 2.45 bits per heavy atom. The molecule has 66 valence electrons. The number of carbonyl (C=O) groups is 1. The third kappa shape index (κ3) is 3.51. The molecule has 0 aliphatic heterocycles. The highest BCUT2D eigenvalue weighted by Gasteiger charge is 2.22. The summed E-state index contributed by atoms with van der Waals surface area (Å²) < 4.78 is 0. The minimum atomic E-state index is -0.154. The molecule has 0 fully saturated rings. The Hall–Kier alpha value is -0.370. The Balaban J connectivity index is 3.96. The molecule has 0 saturated heterocycles. The predicted molar refractivity (Wildman–Crippen MR) is 47.3 cm³/mol. The van der Waals surface area contributed by atoms with E-state index in [2.05, 4.69) is 6.92 Å². The summed E-state index contributed by atoms with van der Waals surface area (Å²) in [6.07, 6.45) is 2.86. The Morgan fingerprint density at radius 1 is 1.64 bits per heavy atom. The minimum absolute atomic E-state index is 0.154. The van der Waals surface area contributed by atoms with Gasteiger partial charge in [0.25, 0.3) is 0 Å². The first-order valence-corrected chi connectivity index (χ1v) is 4.24. The lowest BCUT2D eigenvalue weighted by Gasteiger charge is -2.23. The van der Waals surface area contributed by atoms with Crippen LogP contribution in [0.15, 0.2) is 0 Å². The average Bonchev–Trinajstić information content (AvgIpc) is 2.04. The highest BCUT2D eigenvalue weighted by Crippen LogP contribution is 2.26. The Kier molecular flexibility index (Phi) is 4.34. The summed E-state index contributed by atoms with van der Waals surface area (Å²) in [7, 11) is 0. The van der Waals surface area contributed by atoms with Gasteiger partial charge in [0.15, 0.2) is 0 Å². The van der Waals surface area contributed by atoms with Crippen LogP contribution in [0.2, 0.25) is 0 Å². The lowest BCUT2D eigenvalue weighted by Crippen LogP contribution is -2.24. The summed E-state index contributed by atoms with van der Waals surface area (Å²) in [6, 6.07) is 0. The van der Waals surface area contributed by atoms with Crippen molar-refractivity contribution in [3.05, 3.63) is 0 Å². The minimum Gasteiger partial charge on any atom is -0.330 e. The van der Waals surface area contributed by atoms with E-state index in [-0.39, 0.29) is 5.41 Å². The first kappa shape index (κ1) is 10.6. The quantitative estimate of drug-likeness (QED) is 0.616. The van der Waals surface area contributed by atoms with Crippen molar-refractivity contribution in [2.75, 3.05) is 6.54 Å². The van der Waals surface area contributed by atoms with Crippen LogP contribution in [-0.2, 0) is 4.79 Å². The first-order chi connectivity index (χ1) is 5.08. The van der Waals surface area contributed by atoms with Gasteiger partial charge in [-0.2, -0.15) is 0 Å². The Labute approximate surface area is 69.2 Å². The monoisotopic (exact) mass is 157 g/mol. The standard InChI is InChI=1S/C9H19NO/c1-4-9(3,7-11)5-8(2)6-10/h7-8H,4-6,10H2,1-3H3. The zero-order valence-electron chi connectivity index (χ0n) is 7.76. The van der Waals surface area contributed by atoms with Crippen molar-refractivity contribution in [3.63, 3.8) is 0 Å². The molecule has 0 rings (SSSR count). The summed E-state index contributed by atoms with van der Waals surface area (Å²) in [5.74, 6) is 0.449. The van der Waals surface area contributed by atoms with E-state index in [1.165, 1.54) is 0 Å². The van der Waals surface area contributed by atoms with Gasteiger partial charge in [-0.3, -0.25) is 0 Å². The maximum absolute atomic E-state index is 10.7. The van der Waals surface area contributed by atoms with Crippen molar-refractivity contribution in [2.45, 2.75) is 33.6 Å². The van der Waals surface area contributed by atoms with Gasteiger partial charge in [-0.25, -0.2) is 0 Å². The second-order valence-electron chi connectivity index (χ2n) is 3.67. The molecule has 0 aromatic heterocycles. The number of rotatable bonds is 5. The highest BCUT2D eigenvalue weighted by atomic mass is 16.1. The van der Waals surface area contributed by atoms with E-state index >= 15 is 0 Å². The highest BCUT2D eigenvalue weighted by molar-refractivity contribution is 5.58. The fourth-order valence-electron chi connectivity index (χ4n) is 1.16. The third-order valence-corrected chi connectivity index (χ3v) is 2.31. The molecule has 2 atom stereocenters. The van der Waals surface area contributed by atoms with Crippen LogP contribution in [0, 0.1) is 11.3 Å². The van der Waals surface area contributed by atoms with Gasteiger partial charge in [-0.15, -0.1) is 0 Å². The lowest BCUT2D eigenvalue weighted by atomic mass is 9.81. The summed E-state index contributed by atoms with van der Waals surface area (Å²) >= 11 is 0. The molecule has 0 saturated carbocycles. The number of nitrogens with two attached hydrogens (primary N) is 1. The van der Waals surface area contributed by atoms with Crippen molar-refractivity contribution < 1.29 is 4.79 Å². The fourth-order valence-corrected chi connectivity index (χ4v) is 1.16. The Bertz CT molecular complexity index is 125. The largest absolute Gasteiger partial charge is 0.330 e. The van der Waals surface area contributed by atoms with Gasteiger partial charge in [0.05, 0.1) is 0 Å². The van der Waals surface area contributed by atoms with Crippen LogP contribution < -0.4 is 5.73 Å². The molecule has 0 aromatic rings. The van der Waals surface area contributed by atoms with Crippen molar-refractivity contribution in [1.29, 1.82) is 0 Å². The van der Waals surface area contributed by atoms with E-state index in [0.717, 1.165) is 19.1 Å². The average molecular weight is 157 g/mol. The van der Waals surface area contributed by atoms with Crippen LogP contribution in [0.1, 0.15) is 33.6 Å². The van der Waals surface area contributed by atoms with Crippen molar-refractivity contribution in [3.8, 4) is 0 Å². The number of hydrogen-bond donors (Lipinski definition) is 1. The van der Waals surface area contributed by atoms with Crippen LogP contribution in [-0.4, -0.2) is 12.8 Å². The molecule has 0 aliphatic carbocycles. The van der Waals surface area contributed by atoms with E-state index in [1.807, 2.05) is 13.8 Å². The van der Waals surface area contributed by atoms with E-state index in [9.17, 15) is 4.79 Å². The summed E-state index contributed by atoms with van der Waals surface area (Å²) in [4.78, 5) is 10.7. The fraction of sp³-hybridized carbons (Fsp3) is 0.889. The van der Waals surface area contributed by atoms with Crippen molar-refractivity contribution >= 4 is 6.29 Å². The van der Waals surface area contributed by atoms with Crippen LogP contribution in [0.5, 0.6) is 0 Å². The molecule has 0 spiro atoms. The van der Waals surface area contributed by atoms with Crippen molar-refractivity contribution in [1.82, 2.24) is 0 Å². The third-order valence-electron chi connectivity index (χ3n) is 2.31. The number of carbonyl (C=O) groups excluding carboxylic acids is 1. The van der Waals surface area contributed by atoms with Gasteiger partial charge in [0.1, 0.15) is 6.29 Å². The second kappa shape index (κ2) is 4.50. The van der Waals surface area contributed by atoms with Gasteiger partial charge in [0, 0.05) is 5.41 Å². The molecule has 2 unspecified atom stereocenters. The van der Waals surface area contributed by atoms with E-state index < -0.39 is 0 Å².